The van der Waals surface area contributed by atoms with Crippen molar-refractivity contribution in [2.45, 2.75) is 9.24 Å². The Bertz CT molecular complexity index is 1140. The van der Waals surface area contributed by atoms with Gasteiger partial charge in [-0.3, -0.25) is 4.72 Å². The molecule has 1 N–H and O–H groups in total. The molecule has 10 heteroatoms. The van der Waals surface area contributed by atoms with Crippen LogP contribution in [0.15, 0.2) is 51.7 Å². The number of hydrogen-bond donors (Lipinski definition) is 1. The second kappa shape index (κ2) is 5.80. The average Bonchev–Trinajstić information content (AvgIpc) is 2.90. The predicted molar refractivity (Wildman–Crippen MR) is 89.9 cm³/mol. The summed E-state index contributed by atoms with van der Waals surface area (Å²) in [5.74, 6) is -0.858. The van der Waals surface area contributed by atoms with Gasteiger partial charge in [-0.2, -0.15) is 0 Å². The molecule has 3 aromatic rings. The van der Waals surface area contributed by atoms with E-state index in [1.807, 2.05) is 0 Å². The van der Waals surface area contributed by atoms with Gasteiger partial charge in [-0.05, 0) is 30.3 Å². The number of thiazole rings is 1. The highest BCUT2D eigenvalue weighted by molar-refractivity contribution is 7.93. The van der Waals surface area contributed by atoms with Gasteiger partial charge in [0.2, 0.25) is 14.2 Å². The van der Waals surface area contributed by atoms with Gasteiger partial charge in [-0.1, -0.05) is 12.1 Å². The van der Waals surface area contributed by atoms with Gasteiger partial charge in [0.25, 0.3) is 10.0 Å². The summed E-state index contributed by atoms with van der Waals surface area (Å²) in [4.78, 5) is 3.52. The summed E-state index contributed by atoms with van der Waals surface area (Å²) in [7, 11) is -7.54. The maximum absolute atomic E-state index is 13.7. The van der Waals surface area contributed by atoms with Crippen LogP contribution in [0, 0.1) is 5.82 Å². The molecular formula is C14H11FN2O4S3. The van der Waals surface area contributed by atoms with Crippen molar-refractivity contribution in [3.8, 4) is 0 Å². The first-order valence-electron chi connectivity index (χ1n) is 6.55. The highest BCUT2D eigenvalue weighted by atomic mass is 32.2. The normalized spacial score (nSPS) is 12.4. The number of hydrogen-bond acceptors (Lipinski definition) is 6. The molecule has 0 bridgehead atoms. The Morgan fingerprint density at radius 2 is 1.79 bits per heavy atom. The van der Waals surface area contributed by atoms with Gasteiger partial charge in [-0.25, -0.2) is 26.2 Å². The molecule has 3 rings (SSSR count). The van der Waals surface area contributed by atoms with Gasteiger partial charge in [0, 0.05) is 6.26 Å². The van der Waals surface area contributed by atoms with Crippen LogP contribution in [0.1, 0.15) is 0 Å². The maximum Gasteiger partial charge on any atom is 0.264 e. The molecule has 1 aromatic heterocycles. The quantitative estimate of drug-likeness (QED) is 0.744. The van der Waals surface area contributed by atoms with E-state index in [0.717, 1.165) is 29.7 Å². The molecule has 0 radical (unpaired) electrons. The SMILES string of the molecule is CS(=O)(=O)c1nc2ccc(NS(=O)(=O)c3ccccc3F)cc2s1. The lowest BCUT2D eigenvalue weighted by atomic mass is 10.3. The Hall–Kier alpha value is -2.04. The first-order valence-corrected chi connectivity index (χ1v) is 10.7. The van der Waals surface area contributed by atoms with E-state index in [2.05, 4.69) is 9.71 Å². The second-order valence-electron chi connectivity index (χ2n) is 4.97. The number of nitrogens with one attached hydrogen (secondary N) is 1. The first kappa shape index (κ1) is 16.8. The van der Waals surface area contributed by atoms with E-state index in [0.29, 0.717) is 10.2 Å². The van der Waals surface area contributed by atoms with Crippen LogP contribution < -0.4 is 4.72 Å². The number of sulfonamides is 1. The molecule has 0 unspecified atom stereocenters. The fourth-order valence-corrected chi connectivity index (χ4v) is 5.00. The van der Waals surface area contributed by atoms with Crippen molar-refractivity contribution in [1.82, 2.24) is 4.98 Å². The number of benzene rings is 2. The van der Waals surface area contributed by atoms with Crippen LogP contribution in [0.25, 0.3) is 10.2 Å². The van der Waals surface area contributed by atoms with Crippen LogP contribution in [0.4, 0.5) is 10.1 Å². The van der Waals surface area contributed by atoms with Gasteiger partial charge < -0.3 is 0 Å². The largest absolute Gasteiger partial charge is 0.279 e. The number of anilines is 1. The molecule has 0 aliphatic rings. The molecule has 0 aliphatic carbocycles. The van der Waals surface area contributed by atoms with E-state index >= 15 is 0 Å². The highest BCUT2D eigenvalue weighted by Gasteiger charge is 2.19. The number of fused-ring (bicyclic) bond motifs is 1. The molecule has 0 amide bonds. The molecule has 24 heavy (non-hydrogen) atoms. The lowest BCUT2D eigenvalue weighted by Crippen LogP contribution is -2.14. The predicted octanol–water partition coefficient (Wildman–Crippen LogP) is 2.64. The number of sulfone groups is 1. The zero-order valence-corrected chi connectivity index (χ0v) is 14.7. The van der Waals surface area contributed by atoms with E-state index in [9.17, 15) is 21.2 Å². The summed E-state index contributed by atoms with van der Waals surface area (Å²) in [6.45, 7) is 0. The Kier molecular flexibility index (Phi) is 4.06. The van der Waals surface area contributed by atoms with Crippen LogP contribution in [-0.4, -0.2) is 28.1 Å². The molecule has 0 aliphatic heterocycles. The van der Waals surface area contributed by atoms with Crippen LogP contribution in [0.3, 0.4) is 0 Å². The van der Waals surface area contributed by atoms with Crippen LogP contribution in [0.5, 0.6) is 0 Å². The van der Waals surface area contributed by atoms with E-state index in [1.54, 1.807) is 0 Å². The van der Waals surface area contributed by atoms with Crippen molar-refractivity contribution in [3.63, 3.8) is 0 Å². The van der Waals surface area contributed by atoms with Crippen LogP contribution >= 0.6 is 11.3 Å². The zero-order chi connectivity index (χ0) is 17.5. The standard InChI is InChI=1S/C14H11FN2O4S3/c1-23(18,19)14-16-11-7-6-9(8-12(11)22-14)17-24(20,21)13-5-3-2-4-10(13)15/h2-8,17H,1H3. The van der Waals surface area contributed by atoms with E-state index in [-0.39, 0.29) is 10.0 Å². The Morgan fingerprint density at radius 1 is 1.08 bits per heavy atom. The summed E-state index contributed by atoms with van der Waals surface area (Å²) in [6, 6.07) is 9.42. The van der Waals surface area contributed by atoms with Crippen molar-refractivity contribution in [2.24, 2.45) is 0 Å². The molecule has 0 saturated carbocycles. The summed E-state index contributed by atoms with van der Waals surface area (Å²) in [6.07, 6.45) is 1.05. The molecule has 126 valence electrons. The third-order valence-corrected chi connectivity index (χ3v) is 7.18. The molecule has 6 nitrogen and oxygen atoms in total. The molecule has 0 spiro atoms. The molecule has 0 saturated heterocycles. The lowest BCUT2D eigenvalue weighted by Gasteiger charge is -2.08. The number of aromatic nitrogens is 1. The first-order chi connectivity index (χ1) is 11.2. The zero-order valence-electron chi connectivity index (χ0n) is 12.2. The van der Waals surface area contributed by atoms with Crippen molar-refractivity contribution in [1.29, 1.82) is 0 Å². The maximum atomic E-state index is 13.7. The molecule has 2 aromatic carbocycles. The minimum atomic E-state index is -4.09. The Morgan fingerprint density at radius 3 is 2.46 bits per heavy atom. The van der Waals surface area contributed by atoms with Crippen LogP contribution in [-0.2, 0) is 19.9 Å². The van der Waals surface area contributed by atoms with Crippen molar-refractivity contribution >= 4 is 47.1 Å². The van der Waals surface area contributed by atoms with Gasteiger partial charge in [0.1, 0.15) is 10.7 Å². The van der Waals surface area contributed by atoms with E-state index in [4.69, 9.17) is 0 Å². The fourth-order valence-electron chi connectivity index (χ4n) is 2.00. The average molecular weight is 386 g/mol. The smallest absolute Gasteiger partial charge is 0.264 e. The van der Waals surface area contributed by atoms with Gasteiger partial charge in [0.05, 0.1) is 15.9 Å². The lowest BCUT2D eigenvalue weighted by molar-refractivity contribution is 0.570. The number of nitrogens with zero attached hydrogens (tertiary/aromatic N) is 1. The van der Waals surface area contributed by atoms with Crippen LogP contribution in [0.2, 0.25) is 0 Å². The van der Waals surface area contributed by atoms with Gasteiger partial charge >= 0.3 is 0 Å². The fraction of sp³-hybridized carbons (Fsp3) is 0.0714. The third kappa shape index (κ3) is 3.25. The van der Waals surface area contributed by atoms with E-state index < -0.39 is 30.6 Å². The number of rotatable bonds is 4. The van der Waals surface area contributed by atoms with Gasteiger partial charge in [0.15, 0.2) is 0 Å². The van der Waals surface area contributed by atoms with E-state index in [1.165, 1.54) is 30.3 Å². The molecule has 0 fully saturated rings. The Balaban J connectivity index is 2.00. The minimum Gasteiger partial charge on any atom is -0.279 e. The third-order valence-electron chi connectivity index (χ3n) is 3.06. The highest BCUT2D eigenvalue weighted by Crippen LogP contribution is 2.29. The van der Waals surface area contributed by atoms with Crippen molar-refractivity contribution < 1.29 is 21.2 Å². The second-order valence-corrected chi connectivity index (χ2v) is 9.84. The number of halogens is 1. The van der Waals surface area contributed by atoms with Gasteiger partial charge in [-0.15, -0.1) is 11.3 Å². The van der Waals surface area contributed by atoms with Crippen molar-refractivity contribution in [2.75, 3.05) is 11.0 Å². The molecular weight excluding hydrogens is 375 g/mol. The summed E-state index contributed by atoms with van der Waals surface area (Å²) in [5.41, 5.74) is 0.628. The summed E-state index contributed by atoms with van der Waals surface area (Å²) >= 11 is 0.935. The monoisotopic (exact) mass is 386 g/mol. The summed E-state index contributed by atoms with van der Waals surface area (Å²) < 4.78 is 64.0. The molecule has 0 atom stereocenters. The van der Waals surface area contributed by atoms with Crippen molar-refractivity contribution in [3.05, 3.63) is 48.3 Å². The topological polar surface area (TPSA) is 93.2 Å². The minimum absolute atomic E-state index is 0.0494. The Labute approximate surface area is 141 Å². The molecule has 1 heterocycles. The summed E-state index contributed by atoms with van der Waals surface area (Å²) in [5, 5.41) is 0.